The number of carbonyl (C=O) groups excluding carboxylic acids is 2. The Bertz CT molecular complexity index is 704. The molecule has 1 saturated heterocycles. The number of urea groups is 1. The van der Waals surface area contributed by atoms with Crippen LogP contribution >= 0.6 is 11.8 Å². The number of hydrogen-bond acceptors (Lipinski definition) is 10. The van der Waals surface area contributed by atoms with Crippen molar-refractivity contribution in [2.24, 2.45) is 0 Å². The Labute approximate surface area is 135 Å². The van der Waals surface area contributed by atoms with Gasteiger partial charge in [-0.05, 0) is 6.42 Å². The second-order valence-electron chi connectivity index (χ2n) is 4.74. The third-order valence-electron chi connectivity index (χ3n) is 2.80. The molecule has 1 aliphatic heterocycles. The molecular weight excluding hydrogens is 346 g/mol. The number of nitrogens with zero attached hydrogens (tertiary/aromatic N) is 3. The van der Waals surface area contributed by atoms with Gasteiger partial charge in [-0.1, -0.05) is 11.8 Å². The van der Waals surface area contributed by atoms with E-state index in [1.54, 1.807) is 0 Å². The maximum absolute atomic E-state index is 11.7. The van der Waals surface area contributed by atoms with Gasteiger partial charge in [0.1, 0.15) is 0 Å². The predicted octanol–water partition coefficient (Wildman–Crippen LogP) is -1.86. The molecule has 6 N–H and O–H groups in total. The third-order valence-corrected chi connectivity index (χ3v) is 5.42. The van der Waals surface area contributed by atoms with Crippen molar-refractivity contribution in [3.8, 4) is 0 Å². The zero-order valence-electron chi connectivity index (χ0n) is 11.9. The first-order valence-corrected chi connectivity index (χ1v) is 9.25. The first-order valence-electron chi connectivity index (χ1n) is 6.44. The molecule has 1 aromatic heterocycles. The molecule has 1 aliphatic rings. The second-order valence-corrected chi connectivity index (χ2v) is 7.92. The van der Waals surface area contributed by atoms with Crippen molar-refractivity contribution in [3.05, 3.63) is 0 Å². The van der Waals surface area contributed by atoms with Crippen molar-refractivity contribution in [3.63, 3.8) is 0 Å². The largest absolute Gasteiger partial charge is 0.368 e. The number of imide groups is 1. The molecular formula is C10H15N7O4S2. The van der Waals surface area contributed by atoms with Gasteiger partial charge >= 0.3 is 6.03 Å². The number of nitrogen functional groups attached to an aromatic ring is 2. The highest BCUT2D eigenvalue weighted by Gasteiger charge is 2.29. The van der Waals surface area contributed by atoms with Gasteiger partial charge in [0.25, 0.3) is 0 Å². The van der Waals surface area contributed by atoms with E-state index in [9.17, 15) is 18.0 Å². The van der Waals surface area contributed by atoms with Crippen LogP contribution in [0.4, 0.5) is 16.7 Å². The number of rotatable bonds is 4. The smallest absolute Gasteiger partial charge is 0.321 e. The van der Waals surface area contributed by atoms with Gasteiger partial charge in [-0.15, -0.1) is 0 Å². The topological polar surface area (TPSA) is 183 Å². The monoisotopic (exact) mass is 361 g/mol. The summed E-state index contributed by atoms with van der Waals surface area (Å²) in [4.78, 5) is 34.4. The van der Waals surface area contributed by atoms with Crippen LogP contribution in [0.25, 0.3) is 0 Å². The first kappa shape index (κ1) is 17.2. The van der Waals surface area contributed by atoms with E-state index >= 15 is 0 Å². The van der Waals surface area contributed by atoms with E-state index in [-0.39, 0.29) is 34.3 Å². The molecule has 0 aliphatic carbocycles. The molecule has 2 heterocycles. The molecule has 1 atom stereocenters. The van der Waals surface area contributed by atoms with Crippen molar-refractivity contribution in [1.29, 1.82) is 0 Å². The Hall–Kier alpha value is -2.15. The second kappa shape index (κ2) is 6.95. The third kappa shape index (κ3) is 5.52. The van der Waals surface area contributed by atoms with Crippen molar-refractivity contribution in [1.82, 2.24) is 25.6 Å². The number of sulfone groups is 1. The fraction of sp³-hybridized carbons (Fsp3) is 0.500. The maximum Gasteiger partial charge on any atom is 0.321 e. The van der Waals surface area contributed by atoms with Gasteiger partial charge in [0.2, 0.25) is 17.8 Å². The molecule has 0 unspecified atom stereocenters. The quantitative estimate of drug-likeness (QED) is 0.443. The van der Waals surface area contributed by atoms with Crippen LogP contribution in [0.15, 0.2) is 5.16 Å². The van der Waals surface area contributed by atoms with E-state index in [4.69, 9.17) is 11.5 Å². The zero-order chi connectivity index (χ0) is 17.0. The van der Waals surface area contributed by atoms with Crippen LogP contribution < -0.4 is 22.1 Å². The number of aromatic nitrogens is 3. The van der Waals surface area contributed by atoms with Crippen molar-refractivity contribution in [2.75, 3.05) is 28.7 Å². The van der Waals surface area contributed by atoms with Crippen LogP contribution in [-0.4, -0.2) is 58.6 Å². The Kier molecular flexibility index (Phi) is 5.20. The minimum atomic E-state index is -3.10. The predicted molar refractivity (Wildman–Crippen MR) is 83.1 cm³/mol. The van der Waals surface area contributed by atoms with Gasteiger partial charge in [0, 0.05) is 6.04 Å². The number of hydrogen-bond donors (Lipinski definition) is 4. The number of anilines is 2. The van der Waals surface area contributed by atoms with Gasteiger partial charge in [0.05, 0.1) is 17.3 Å². The molecule has 126 valence electrons. The van der Waals surface area contributed by atoms with E-state index in [0.717, 1.165) is 11.8 Å². The van der Waals surface area contributed by atoms with E-state index in [2.05, 4.69) is 25.6 Å². The van der Waals surface area contributed by atoms with Crippen LogP contribution in [0, 0.1) is 0 Å². The fourth-order valence-electron chi connectivity index (χ4n) is 1.88. The molecule has 13 heteroatoms. The molecule has 0 bridgehead atoms. The van der Waals surface area contributed by atoms with Crippen LogP contribution in [0.1, 0.15) is 6.42 Å². The molecule has 0 saturated carbocycles. The molecule has 1 fully saturated rings. The van der Waals surface area contributed by atoms with Crippen LogP contribution in [0.3, 0.4) is 0 Å². The lowest BCUT2D eigenvalue weighted by Gasteiger charge is -2.11. The maximum atomic E-state index is 11.7. The summed E-state index contributed by atoms with van der Waals surface area (Å²) >= 11 is 0.931. The summed E-state index contributed by atoms with van der Waals surface area (Å²) in [7, 11) is -3.10. The zero-order valence-corrected chi connectivity index (χ0v) is 13.5. The Morgan fingerprint density at radius 1 is 1.22 bits per heavy atom. The lowest BCUT2D eigenvalue weighted by molar-refractivity contribution is -0.117. The summed E-state index contributed by atoms with van der Waals surface area (Å²) in [5.74, 6) is -0.956. The fourth-order valence-corrected chi connectivity index (χ4v) is 4.20. The summed E-state index contributed by atoms with van der Waals surface area (Å²) in [6.07, 6.45) is 0.335. The van der Waals surface area contributed by atoms with Crippen LogP contribution in [0.2, 0.25) is 0 Å². The summed E-state index contributed by atoms with van der Waals surface area (Å²) in [5, 5.41) is 4.70. The summed E-state index contributed by atoms with van der Waals surface area (Å²) in [6.45, 7) is 0. The molecule has 2 rings (SSSR count). The van der Waals surface area contributed by atoms with Crippen molar-refractivity contribution < 1.29 is 18.0 Å². The first-order chi connectivity index (χ1) is 10.7. The summed E-state index contributed by atoms with van der Waals surface area (Å²) in [5.41, 5.74) is 10.8. The highest BCUT2D eigenvalue weighted by molar-refractivity contribution is 7.99. The Morgan fingerprint density at radius 2 is 1.87 bits per heavy atom. The average molecular weight is 361 g/mol. The van der Waals surface area contributed by atoms with Crippen molar-refractivity contribution >= 4 is 45.4 Å². The van der Waals surface area contributed by atoms with Crippen LogP contribution in [0.5, 0.6) is 0 Å². The molecule has 1 aromatic rings. The minimum absolute atomic E-state index is 0.0317. The lowest BCUT2D eigenvalue weighted by Crippen LogP contribution is -2.45. The van der Waals surface area contributed by atoms with Gasteiger partial charge < -0.3 is 16.8 Å². The van der Waals surface area contributed by atoms with E-state index in [1.807, 2.05) is 0 Å². The number of nitrogens with one attached hydrogen (secondary N) is 2. The highest BCUT2D eigenvalue weighted by Crippen LogP contribution is 2.14. The lowest BCUT2D eigenvalue weighted by atomic mass is 10.3. The van der Waals surface area contributed by atoms with Gasteiger partial charge in [-0.3, -0.25) is 10.1 Å². The molecule has 0 radical (unpaired) electrons. The minimum Gasteiger partial charge on any atom is -0.368 e. The molecule has 3 amide bonds. The average Bonchev–Trinajstić information content (AvgIpc) is 2.74. The van der Waals surface area contributed by atoms with Gasteiger partial charge in [-0.2, -0.15) is 15.0 Å². The molecule has 11 nitrogen and oxygen atoms in total. The standard InChI is InChI=1S/C10H15N7O4S2/c11-7-15-8(12)17-10(16-7)22-3-6(18)14-9(19)13-5-1-2-23(20,21)4-5/h5H,1-4H2,(H2,13,14,18,19)(H4,11,12,15,16,17)/t5-/m0/s1. The van der Waals surface area contributed by atoms with E-state index < -0.39 is 27.8 Å². The summed E-state index contributed by atoms with van der Waals surface area (Å²) < 4.78 is 22.6. The van der Waals surface area contributed by atoms with Gasteiger partial charge in [-0.25, -0.2) is 13.2 Å². The highest BCUT2D eigenvalue weighted by atomic mass is 32.2. The molecule has 0 aromatic carbocycles. The number of thioether (sulfide) groups is 1. The SMILES string of the molecule is Nc1nc(N)nc(SCC(=O)NC(=O)N[C@H]2CCS(=O)(=O)C2)n1. The van der Waals surface area contributed by atoms with Gasteiger partial charge in [0.15, 0.2) is 15.0 Å². The normalized spacial score (nSPS) is 19.2. The Balaban J connectivity index is 1.77. The number of amides is 3. The van der Waals surface area contributed by atoms with E-state index in [0.29, 0.717) is 6.42 Å². The Morgan fingerprint density at radius 3 is 2.43 bits per heavy atom. The van der Waals surface area contributed by atoms with Crippen LogP contribution in [-0.2, 0) is 14.6 Å². The number of nitrogens with two attached hydrogens (primary N) is 2. The molecule has 0 spiro atoms. The summed E-state index contributed by atoms with van der Waals surface area (Å²) in [6, 6.07) is -1.23. The van der Waals surface area contributed by atoms with E-state index in [1.165, 1.54) is 0 Å². The number of carbonyl (C=O) groups is 2. The molecule has 23 heavy (non-hydrogen) atoms. The van der Waals surface area contributed by atoms with Crippen molar-refractivity contribution in [2.45, 2.75) is 17.6 Å².